The van der Waals surface area contributed by atoms with Crippen molar-refractivity contribution >= 4 is 28.8 Å². The van der Waals surface area contributed by atoms with E-state index in [9.17, 15) is 24.6 Å². The number of halogens is 1. The monoisotopic (exact) mass is 286 g/mol. The molecule has 2 unspecified atom stereocenters. The van der Waals surface area contributed by atoms with Crippen molar-refractivity contribution < 1.29 is 24.6 Å². The Balaban J connectivity index is 2.13. The first-order valence-corrected chi connectivity index (χ1v) is 6.78. The number of hydrogen-bond donors (Lipinski definition) is 2. The molecule has 0 spiro atoms. The first-order chi connectivity index (χ1) is 8.74. The summed E-state index contributed by atoms with van der Waals surface area (Å²) in [7, 11) is 0. The zero-order valence-corrected chi connectivity index (χ0v) is 11.1. The molecule has 5 nitrogen and oxygen atoms in total. The van der Waals surface area contributed by atoms with Gasteiger partial charge in [-0.25, -0.2) is 0 Å². The summed E-state index contributed by atoms with van der Waals surface area (Å²) in [4.78, 5) is 35.1. The predicted octanol–water partition coefficient (Wildman–Crippen LogP) is 1.88. The topological polar surface area (TPSA) is 91.7 Å². The molecule has 0 amide bonds. The minimum Gasteiger partial charge on any atom is -0.481 e. The third-order valence-corrected chi connectivity index (χ3v) is 5.79. The molecule has 4 aliphatic carbocycles. The molecule has 4 saturated carbocycles. The number of hydrogen-bond acceptors (Lipinski definition) is 3. The highest BCUT2D eigenvalue weighted by Gasteiger charge is 2.70. The lowest BCUT2D eigenvalue weighted by Gasteiger charge is -2.62. The zero-order chi connectivity index (χ0) is 14.1. The van der Waals surface area contributed by atoms with Crippen molar-refractivity contribution in [3.05, 3.63) is 0 Å². The molecule has 6 heteroatoms. The fraction of sp³-hybridized carbons (Fsp3) is 0.769. The van der Waals surface area contributed by atoms with Crippen LogP contribution in [0.25, 0.3) is 0 Å². The average molecular weight is 287 g/mol. The minimum atomic E-state index is -1.08. The third-order valence-electron chi connectivity index (χ3n) is 5.39. The van der Waals surface area contributed by atoms with Gasteiger partial charge in [0.15, 0.2) is 0 Å². The minimum absolute atomic E-state index is 0.0221. The Hall–Kier alpha value is -1.10. The lowest BCUT2D eigenvalue weighted by Crippen LogP contribution is -2.62. The summed E-state index contributed by atoms with van der Waals surface area (Å²) in [5, 5.41) is 18.5. The summed E-state index contributed by atoms with van der Waals surface area (Å²) in [6, 6.07) is 0. The molecule has 0 saturated heterocycles. The number of carbonyl (C=O) groups is 3. The van der Waals surface area contributed by atoms with Crippen LogP contribution in [0.4, 0.5) is 0 Å². The summed E-state index contributed by atoms with van der Waals surface area (Å²) in [5.74, 6) is -1.99. The summed E-state index contributed by atoms with van der Waals surface area (Å²) < 4.78 is 0. The highest BCUT2D eigenvalue weighted by molar-refractivity contribution is 6.64. The summed E-state index contributed by atoms with van der Waals surface area (Å²) in [6.45, 7) is 0. The molecule has 4 aliphatic rings. The SMILES string of the molecule is O=C(O)C12CC3CC(C(=O)O)(C1)CC(C(=O)Cl)(C3)C2. The molecule has 0 radical (unpaired) electrons. The van der Waals surface area contributed by atoms with E-state index in [0.29, 0.717) is 19.3 Å². The van der Waals surface area contributed by atoms with Crippen LogP contribution in [0.2, 0.25) is 0 Å². The van der Waals surface area contributed by atoms with E-state index in [1.54, 1.807) is 0 Å². The van der Waals surface area contributed by atoms with Gasteiger partial charge in [-0.3, -0.25) is 14.4 Å². The van der Waals surface area contributed by atoms with Gasteiger partial charge in [0.25, 0.3) is 0 Å². The molecule has 19 heavy (non-hydrogen) atoms. The van der Waals surface area contributed by atoms with Gasteiger partial charge in [0, 0.05) is 5.41 Å². The van der Waals surface area contributed by atoms with E-state index >= 15 is 0 Å². The average Bonchev–Trinajstić information content (AvgIpc) is 2.26. The highest BCUT2D eigenvalue weighted by atomic mass is 35.5. The van der Waals surface area contributed by atoms with Crippen molar-refractivity contribution in [2.45, 2.75) is 38.5 Å². The van der Waals surface area contributed by atoms with E-state index in [1.165, 1.54) is 0 Å². The van der Waals surface area contributed by atoms with Gasteiger partial charge >= 0.3 is 11.9 Å². The van der Waals surface area contributed by atoms with Crippen LogP contribution in [0.15, 0.2) is 0 Å². The van der Waals surface area contributed by atoms with E-state index in [1.807, 2.05) is 0 Å². The van der Waals surface area contributed by atoms with Crippen LogP contribution in [0.3, 0.4) is 0 Å². The summed E-state index contributed by atoms with van der Waals surface area (Å²) >= 11 is 5.71. The Labute approximate surface area is 114 Å². The molecular formula is C13H15ClO5. The number of carboxylic acids is 2. The predicted molar refractivity (Wildman–Crippen MR) is 64.6 cm³/mol. The number of carbonyl (C=O) groups excluding carboxylic acids is 1. The van der Waals surface area contributed by atoms with E-state index in [2.05, 4.69) is 0 Å². The van der Waals surface area contributed by atoms with Gasteiger partial charge < -0.3 is 10.2 Å². The van der Waals surface area contributed by atoms with Gasteiger partial charge in [0.05, 0.1) is 10.8 Å². The van der Waals surface area contributed by atoms with Crippen LogP contribution in [-0.4, -0.2) is 27.4 Å². The molecule has 4 fully saturated rings. The Morgan fingerprint density at radius 1 is 0.842 bits per heavy atom. The lowest BCUT2D eigenvalue weighted by atomic mass is 9.39. The standard InChI is InChI=1S/C13H15ClO5/c14-8(15)11-1-7-2-12(4-11,9(16)17)6-13(3-7,5-11)10(18)19/h7H,1-6H2,(H,16,17)(H,18,19). The van der Waals surface area contributed by atoms with E-state index in [4.69, 9.17) is 11.6 Å². The van der Waals surface area contributed by atoms with Crippen LogP contribution < -0.4 is 0 Å². The number of rotatable bonds is 3. The largest absolute Gasteiger partial charge is 0.481 e. The lowest BCUT2D eigenvalue weighted by molar-refractivity contribution is -0.200. The molecule has 0 aromatic carbocycles. The maximum Gasteiger partial charge on any atom is 0.309 e. The zero-order valence-electron chi connectivity index (χ0n) is 10.3. The highest BCUT2D eigenvalue weighted by Crippen LogP contribution is 2.70. The van der Waals surface area contributed by atoms with Gasteiger partial charge in [0.2, 0.25) is 5.24 Å². The molecule has 2 N–H and O–H groups in total. The first-order valence-electron chi connectivity index (χ1n) is 6.41. The van der Waals surface area contributed by atoms with E-state index < -0.39 is 33.4 Å². The van der Waals surface area contributed by atoms with Crippen LogP contribution in [-0.2, 0) is 14.4 Å². The molecule has 0 aliphatic heterocycles. The van der Waals surface area contributed by atoms with Crippen LogP contribution in [0, 0.1) is 22.2 Å². The van der Waals surface area contributed by atoms with Crippen molar-refractivity contribution in [3.8, 4) is 0 Å². The second-order valence-corrected chi connectivity index (χ2v) is 7.08. The molecule has 2 atom stereocenters. The number of aliphatic carboxylic acids is 2. The van der Waals surface area contributed by atoms with Gasteiger partial charge in [-0.2, -0.15) is 0 Å². The van der Waals surface area contributed by atoms with Crippen molar-refractivity contribution in [2.75, 3.05) is 0 Å². The van der Waals surface area contributed by atoms with Crippen LogP contribution >= 0.6 is 11.6 Å². The maximum atomic E-state index is 11.8. The normalized spacial score (nSPS) is 47.1. The molecular weight excluding hydrogens is 272 g/mol. The summed E-state index contributed by atoms with van der Waals surface area (Å²) in [5.41, 5.74) is -3.11. The van der Waals surface area contributed by atoms with Gasteiger partial charge in [-0.05, 0) is 56.0 Å². The smallest absolute Gasteiger partial charge is 0.309 e. The number of carboxylic acid groups (broad SMARTS) is 2. The van der Waals surface area contributed by atoms with Crippen LogP contribution in [0.5, 0.6) is 0 Å². The van der Waals surface area contributed by atoms with Gasteiger partial charge in [0.1, 0.15) is 0 Å². The molecule has 4 rings (SSSR count). The van der Waals surface area contributed by atoms with Gasteiger partial charge in [-0.15, -0.1) is 0 Å². The molecule has 0 aromatic heterocycles. The molecule has 104 valence electrons. The Morgan fingerprint density at radius 3 is 1.58 bits per heavy atom. The second kappa shape index (κ2) is 3.51. The first kappa shape index (κ1) is 12.9. The fourth-order valence-corrected chi connectivity index (χ4v) is 5.35. The van der Waals surface area contributed by atoms with Crippen LogP contribution in [0.1, 0.15) is 38.5 Å². The molecule has 4 bridgehead atoms. The van der Waals surface area contributed by atoms with Gasteiger partial charge in [-0.1, -0.05) is 0 Å². The van der Waals surface area contributed by atoms with E-state index in [0.717, 1.165) is 0 Å². The third kappa shape index (κ3) is 1.51. The Morgan fingerprint density at radius 2 is 1.21 bits per heavy atom. The fourth-order valence-electron chi connectivity index (χ4n) is 5.13. The summed E-state index contributed by atoms with van der Waals surface area (Å²) in [6.07, 6.45) is 2.02. The van der Waals surface area contributed by atoms with Crippen molar-refractivity contribution in [1.82, 2.24) is 0 Å². The quantitative estimate of drug-likeness (QED) is 0.773. The van der Waals surface area contributed by atoms with Crippen molar-refractivity contribution in [3.63, 3.8) is 0 Å². The van der Waals surface area contributed by atoms with Crippen molar-refractivity contribution in [2.24, 2.45) is 22.2 Å². The molecule has 0 heterocycles. The maximum absolute atomic E-state index is 11.8. The van der Waals surface area contributed by atoms with Crippen molar-refractivity contribution in [1.29, 1.82) is 0 Å². The Kier molecular flexibility index (Phi) is 2.38. The molecule has 0 aromatic rings. The second-order valence-electron chi connectivity index (χ2n) is 6.73. The Bertz CT molecular complexity index is 420. The van der Waals surface area contributed by atoms with E-state index in [-0.39, 0.29) is 25.2 Å².